The van der Waals surface area contributed by atoms with Crippen LogP contribution in [0.3, 0.4) is 0 Å². The lowest BCUT2D eigenvalue weighted by molar-refractivity contribution is 0.0235. The Morgan fingerprint density at radius 3 is 2.41 bits per heavy atom. The Hall–Kier alpha value is -4.00. The van der Waals surface area contributed by atoms with E-state index in [2.05, 4.69) is 17.4 Å². The Labute approximate surface area is 231 Å². The first-order valence-electron chi connectivity index (χ1n) is 13.5. The van der Waals surface area contributed by atoms with Gasteiger partial charge >= 0.3 is 6.09 Å². The molecule has 1 N–H and O–H groups in total. The van der Waals surface area contributed by atoms with Gasteiger partial charge in [-0.15, -0.1) is 0 Å². The number of methoxy groups -OCH3 is 1. The number of aryl methyl sites for hydroxylation is 2. The summed E-state index contributed by atoms with van der Waals surface area (Å²) in [5.74, 6) is 2.17. The zero-order chi connectivity index (χ0) is 27.8. The number of amides is 1. The van der Waals surface area contributed by atoms with Crippen molar-refractivity contribution in [1.82, 2.24) is 4.90 Å². The minimum Gasteiger partial charge on any atom is -0.497 e. The molecule has 1 unspecified atom stereocenters. The van der Waals surface area contributed by atoms with Crippen LogP contribution in [0.1, 0.15) is 55.1 Å². The number of hydrogen-bond donors (Lipinski definition) is 1. The smallest absolute Gasteiger partial charge is 0.410 e. The Balaban J connectivity index is 1.50. The molecule has 1 fully saturated rings. The van der Waals surface area contributed by atoms with Crippen LogP contribution in [-0.2, 0) is 17.6 Å². The predicted molar refractivity (Wildman–Crippen MR) is 153 cm³/mol. The summed E-state index contributed by atoms with van der Waals surface area (Å²) in [4.78, 5) is 25.7. The third-order valence-corrected chi connectivity index (χ3v) is 6.66. The van der Waals surface area contributed by atoms with Gasteiger partial charge in [0, 0.05) is 18.7 Å². The Bertz CT molecular complexity index is 1270. The number of anilines is 1. The topological polar surface area (TPSA) is 77.1 Å². The van der Waals surface area contributed by atoms with Gasteiger partial charge in [-0.05, 0) is 100 Å². The van der Waals surface area contributed by atoms with Crippen LogP contribution in [0.25, 0.3) is 0 Å². The lowest BCUT2D eigenvalue weighted by Gasteiger charge is -2.29. The molecule has 1 aliphatic rings. The van der Waals surface area contributed by atoms with Gasteiger partial charge in [0.05, 0.1) is 18.8 Å². The molecule has 0 aromatic heterocycles. The van der Waals surface area contributed by atoms with Crippen LogP contribution >= 0.6 is 0 Å². The molecular weight excluding hydrogens is 492 g/mol. The fraction of sp³-hybridized carbons (Fsp3) is 0.375. The van der Waals surface area contributed by atoms with E-state index in [9.17, 15) is 9.59 Å². The first-order valence-corrected chi connectivity index (χ1v) is 13.5. The van der Waals surface area contributed by atoms with Gasteiger partial charge in [0.2, 0.25) is 0 Å². The van der Waals surface area contributed by atoms with E-state index < -0.39 is 5.60 Å². The van der Waals surface area contributed by atoms with E-state index in [0.717, 1.165) is 54.5 Å². The number of aldehydes is 1. The van der Waals surface area contributed by atoms with Gasteiger partial charge in [-0.25, -0.2) is 4.79 Å². The normalized spacial score (nSPS) is 15.1. The summed E-state index contributed by atoms with van der Waals surface area (Å²) < 4.78 is 17.2. The van der Waals surface area contributed by atoms with Crippen LogP contribution in [0.5, 0.6) is 17.2 Å². The predicted octanol–water partition coefficient (Wildman–Crippen LogP) is 6.90. The van der Waals surface area contributed by atoms with Crippen molar-refractivity contribution in [3.63, 3.8) is 0 Å². The van der Waals surface area contributed by atoms with Crippen molar-refractivity contribution in [2.45, 2.75) is 58.1 Å². The Morgan fingerprint density at radius 1 is 1.00 bits per heavy atom. The van der Waals surface area contributed by atoms with Crippen molar-refractivity contribution >= 4 is 18.1 Å². The maximum absolute atomic E-state index is 12.7. The first kappa shape index (κ1) is 28.0. The molecule has 1 atom stereocenters. The highest BCUT2D eigenvalue weighted by Crippen LogP contribution is 2.33. The van der Waals surface area contributed by atoms with Gasteiger partial charge in [-0.3, -0.25) is 4.79 Å². The molecule has 1 aliphatic heterocycles. The molecule has 4 rings (SSSR count). The molecule has 3 aromatic rings. The molecule has 1 amide bonds. The van der Waals surface area contributed by atoms with Crippen LogP contribution in [0.4, 0.5) is 10.5 Å². The van der Waals surface area contributed by atoms with E-state index in [-0.39, 0.29) is 12.1 Å². The van der Waals surface area contributed by atoms with Crippen molar-refractivity contribution in [2.24, 2.45) is 0 Å². The number of nitrogens with zero attached hydrogens (tertiary/aromatic N) is 1. The first-order chi connectivity index (χ1) is 18.7. The molecule has 1 heterocycles. The van der Waals surface area contributed by atoms with E-state index in [1.54, 1.807) is 7.11 Å². The molecular formula is C32H38N2O5. The number of rotatable bonds is 10. The van der Waals surface area contributed by atoms with Crippen molar-refractivity contribution < 1.29 is 23.8 Å². The van der Waals surface area contributed by atoms with E-state index in [0.29, 0.717) is 30.2 Å². The summed E-state index contributed by atoms with van der Waals surface area (Å²) in [6.45, 7) is 6.95. The minimum atomic E-state index is -0.526. The van der Waals surface area contributed by atoms with Gasteiger partial charge in [-0.2, -0.15) is 0 Å². The number of benzene rings is 3. The van der Waals surface area contributed by atoms with Crippen molar-refractivity contribution in [3.05, 3.63) is 83.4 Å². The second kappa shape index (κ2) is 12.7. The maximum Gasteiger partial charge on any atom is 0.410 e. The molecule has 1 saturated heterocycles. The van der Waals surface area contributed by atoms with Crippen LogP contribution in [0, 0.1) is 0 Å². The number of likely N-dealkylation sites (tertiary alicyclic amines) is 1. The lowest BCUT2D eigenvalue weighted by Crippen LogP contribution is -2.42. The third kappa shape index (κ3) is 7.99. The molecule has 206 valence electrons. The summed E-state index contributed by atoms with van der Waals surface area (Å²) in [5.41, 5.74) is 3.25. The molecule has 0 bridgehead atoms. The number of hydrogen-bond acceptors (Lipinski definition) is 6. The van der Waals surface area contributed by atoms with Gasteiger partial charge in [0.25, 0.3) is 0 Å². The molecule has 0 aliphatic carbocycles. The van der Waals surface area contributed by atoms with Crippen molar-refractivity contribution in [1.29, 1.82) is 0 Å². The van der Waals surface area contributed by atoms with Crippen molar-refractivity contribution in [2.75, 3.05) is 25.5 Å². The molecule has 7 nitrogen and oxygen atoms in total. The minimum absolute atomic E-state index is 0.0402. The Morgan fingerprint density at radius 2 is 1.72 bits per heavy atom. The largest absolute Gasteiger partial charge is 0.497 e. The molecule has 0 spiro atoms. The SMILES string of the molecule is COc1ccc(Oc2cc(CCc3cccc(C=O)c3)ccc2NCC2CCCN2C(=O)OC(C)(C)C)cc1. The zero-order valence-electron chi connectivity index (χ0n) is 23.2. The van der Waals surface area contributed by atoms with E-state index >= 15 is 0 Å². The molecule has 39 heavy (non-hydrogen) atoms. The van der Waals surface area contributed by atoms with E-state index in [4.69, 9.17) is 14.2 Å². The fourth-order valence-corrected chi connectivity index (χ4v) is 4.67. The average Bonchev–Trinajstić information content (AvgIpc) is 3.40. The van der Waals surface area contributed by atoms with Gasteiger partial charge in [0.1, 0.15) is 23.4 Å². The second-order valence-electron chi connectivity index (χ2n) is 10.8. The fourth-order valence-electron chi connectivity index (χ4n) is 4.67. The van der Waals surface area contributed by atoms with Gasteiger partial charge in [-0.1, -0.05) is 24.3 Å². The molecule has 7 heteroatoms. The number of carbonyl (C=O) groups excluding carboxylic acids is 2. The van der Waals surface area contributed by atoms with Gasteiger partial charge < -0.3 is 24.4 Å². The quantitative estimate of drug-likeness (QED) is 0.288. The maximum atomic E-state index is 12.7. The summed E-state index contributed by atoms with van der Waals surface area (Å²) in [6, 6.07) is 21.4. The van der Waals surface area contributed by atoms with Crippen LogP contribution in [0.15, 0.2) is 66.7 Å². The van der Waals surface area contributed by atoms with Crippen LogP contribution in [0.2, 0.25) is 0 Å². The summed E-state index contributed by atoms with van der Waals surface area (Å²) in [5, 5.41) is 3.52. The molecule has 0 radical (unpaired) electrons. The number of nitrogens with one attached hydrogen (secondary N) is 1. The van der Waals surface area contributed by atoms with Crippen LogP contribution in [-0.4, -0.2) is 49.1 Å². The number of ether oxygens (including phenoxy) is 3. The van der Waals surface area contributed by atoms with Gasteiger partial charge in [0.15, 0.2) is 5.75 Å². The average molecular weight is 531 g/mol. The highest BCUT2D eigenvalue weighted by Gasteiger charge is 2.32. The Kier molecular flexibility index (Phi) is 9.12. The number of carbonyl (C=O) groups is 2. The van der Waals surface area contributed by atoms with E-state index in [1.807, 2.05) is 80.3 Å². The summed E-state index contributed by atoms with van der Waals surface area (Å²) >= 11 is 0. The van der Waals surface area contributed by atoms with E-state index in [1.165, 1.54) is 0 Å². The summed E-state index contributed by atoms with van der Waals surface area (Å²) in [7, 11) is 1.63. The van der Waals surface area contributed by atoms with Crippen molar-refractivity contribution in [3.8, 4) is 17.2 Å². The standard InChI is InChI=1S/C32H38N2O5/c1-32(2,3)39-31(36)34-18-6-9-26(34)21-33-29-17-12-24(11-10-23-7-5-8-25(19-23)22-35)20-30(29)38-28-15-13-27(37-4)14-16-28/h5,7-8,12-17,19-20,22,26,33H,6,9-11,18,21H2,1-4H3. The zero-order valence-corrected chi connectivity index (χ0v) is 23.2. The highest BCUT2D eigenvalue weighted by atomic mass is 16.6. The monoisotopic (exact) mass is 530 g/mol. The highest BCUT2D eigenvalue weighted by molar-refractivity contribution is 5.75. The van der Waals surface area contributed by atoms with Crippen LogP contribution < -0.4 is 14.8 Å². The molecule has 0 saturated carbocycles. The summed E-state index contributed by atoms with van der Waals surface area (Å²) in [6.07, 6.45) is 4.08. The lowest BCUT2D eigenvalue weighted by atomic mass is 10.0. The second-order valence-corrected chi connectivity index (χ2v) is 10.8. The molecule has 3 aromatic carbocycles. The third-order valence-electron chi connectivity index (χ3n) is 6.66.